The fourth-order valence-corrected chi connectivity index (χ4v) is 2.40. The molecule has 1 aliphatic rings. The van der Waals surface area contributed by atoms with Crippen LogP contribution in [0.4, 0.5) is 15.9 Å². The Kier molecular flexibility index (Phi) is 3.37. The minimum Gasteiger partial charge on any atom is -0.366 e. The second-order valence-corrected chi connectivity index (χ2v) is 4.70. The second-order valence-electron chi connectivity index (χ2n) is 4.70. The van der Waals surface area contributed by atoms with Crippen LogP contribution in [0.1, 0.15) is 0 Å². The van der Waals surface area contributed by atoms with E-state index in [-0.39, 0.29) is 11.4 Å². The number of hydrogen-bond acceptors (Lipinski definition) is 4. The highest BCUT2D eigenvalue weighted by Crippen LogP contribution is 2.21. The second kappa shape index (κ2) is 5.32. The molecule has 2 heterocycles. The Balaban J connectivity index is 1.69. The fraction of sp³-hybridized carbons (Fsp3) is 0.286. The molecule has 6 heteroatoms. The van der Waals surface area contributed by atoms with Crippen LogP contribution in [0.2, 0.25) is 0 Å². The predicted octanol–water partition coefficient (Wildman–Crippen LogP) is 1.24. The Morgan fingerprint density at radius 3 is 2.35 bits per heavy atom. The standard InChI is InChI=1S/C14H15FN4O/c15-11-3-1-2-4-12(11)18-7-9-19(10-8-18)13-5-6-14(20)17-16-13/h1-6H,7-10H2,(H,17,20). The van der Waals surface area contributed by atoms with E-state index >= 15 is 0 Å². The first-order chi connectivity index (χ1) is 9.74. The molecule has 0 saturated carbocycles. The van der Waals surface area contributed by atoms with Crippen LogP contribution in [-0.4, -0.2) is 36.4 Å². The number of rotatable bonds is 2. The highest BCUT2D eigenvalue weighted by molar-refractivity contribution is 5.50. The van der Waals surface area contributed by atoms with Crippen LogP contribution >= 0.6 is 0 Å². The first kappa shape index (κ1) is 12.7. The lowest BCUT2D eigenvalue weighted by Gasteiger charge is -2.36. The van der Waals surface area contributed by atoms with Gasteiger partial charge in [-0.3, -0.25) is 4.79 Å². The number of halogens is 1. The highest BCUT2D eigenvalue weighted by atomic mass is 19.1. The number of nitrogens with one attached hydrogen (secondary N) is 1. The maximum absolute atomic E-state index is 13.7. The molecule has 3 rings (SSSR count). The van der Waals surface area contributed by atoms with Crippen molar-refractivity contribution in [2.75, 3.05) is 36.0 Å². The molecule has 1 fully saturated rings. The van der Waals surface area contributed by atoms with Gasteiger partial charge in [-0.25, -0.2) is 9.49 Å². The van der Waals surface area contributed by atoms with E-state index in [4.69, 9.17) is 0 Å². The average Bonchev–Trinajstić information content (AvgIpc) is 2.49. The Morgan fingerprint density at radius 1 is 1.00 bits per heavy atom. The van der Waals surface area contributed by atoms with Crippen LogP contribution in [0.25, 0.3) is 0 Å². The van der Waals surface area contributed by atoms with E-state index in [0.717, 1.165) is 32.0 Å². The summed E-state index contributed by atoms with van der Waals surface area (Å²) in [5.74, 6) is 0.556. The molecule has 0 bridgehead atoms. The average molecular weight is 274 g/mol. The number of aromatic nitrogens is 2. The lowest BCUT2D eigenvalue weighted by atomic mass is 10.2. The summed E-state index contributed by atoms with van der Waals surface area (Å²) in [5, 5.41) is 6.44. The molecule has 1 N–H and O–H groups in total. The van der Waals surface area contributed by atoms with Gasteiger partial charge < -0.3 is 9.80 Å². The van der Waals surface area contributed by atoms with Crippen molar-refractivity contribution in [3.63, 3.8) is 0 Å². The molecular formula is C14H15FN4O. The van der Waals surface area contributed by atoms with E-state index < -0.39 is 0 Å². The zero-order valence-electron chi connectivity index (χ0n) is 10.9. The van der Waals surface area contributed by atoms with Crippen molar-refractivity contribution in [1.82, 2.24) is 10.2 Å². The molecule has 1 aromatic heterocycles. The summed E-state index contributed by atoms with van der Waals surface area (Å²) in [6.07, 6.45) is 0. The molecule has 20 heavy (non-hydrogen) atoms. The van der Waals surface area contributed by atoms with E-state index in [1.165, 1.54) is 12.1 Å². The van der Waals surface area contributed by atoms with Crippen LogP contribution < -0.4 is 15.4 Å². The van der Waals surface area contributed by atoms with E-state index in [1.54, 1.807) is 18.2 Å². The third-order valence-electron chi connectivity index (χ3n) is 3.46. The zero-order valence-corrected chi connectivity index (χ0v) is 10.9. The number of piperazine rings is 1. The lowest BCUT2D eigenvalue weighted by molar-refractivity contribution is 0.595. The SMILES string of the molecule is O=c1ccc(N2CCN(c3ccccc3F)CC2)n[nH]1. The lowest BCUT2D eigenvalue weighted by Crippen LogP contribution is -2.47. The normalized spacial score (nSPS) is 15.4. The van der Waals surface area contributed by atoms with Gasteiger partial charge in [0.2, 0.25) is 0 Å². The summed E-state index contributed by atoms with van der Waals surface area (Å²) in [6.45, 7) is 2.93. The maximum Gasteiger partial charge on any atom is 0.264 e. The third-order valence-corrected chi connectivity index (χ3v) is 3.46. The molecular weight excluding hydrogens is 259 g/mol. The van der Waals surface area contributed by atoms with Crippen molar-refractivity contribution in [2.45, 2.75) is 0 Å². The Bertz CT molecular complexity index is 629. The van der Waals surface area contributed by atoms with Gasteiger partial charge in [-0.15, -0.1) is 0 Å². The molecule has 0 amide bonds. The van der Waals surface area contributed by atoms with Gasteiger partial charge in [-0.05, 0) is 18.2 Å². The Morgan fingerprint density at radius 2 is 1.70 bits per heavy atom. The summed E-state index contributed by atoms with van der Waals surface area (Å²) in [5.41, 5.74) is 0.431. The summed E-state index contributed by atoms with van der Waals surface area (Å²) in [4.78, 5) is 15.1. The number of anilines is 2. The fourth-order valence-electron chi connectivity index (χ4n) is 2.40. The number of benzene rings is 1. The third kappa shape index (κ3) is 2.49. The van der Waals surface area contributed by atoms with Crippen molar-refractivity contribution in [3.8, 4) is 0 Å². The number of H-pyrrole nitrogens is 1. The van der Waals surface area contributed by atoms with Crippen LogP contribution in [0.5, 0.6) is 0 Å². The minimum absolute atomic E-state index is 0.192. The maximum atomic E-state index is 13.7. The Hall–Kier alpha value is -2.37. The number of hydrogen-bond donors (Lipinski definition) is 1. The van der Waals surface area contributed by atoms with Crippen LogP contribution in [0.3, 0.4) is 0 Å². The van der Waals surface area contributed by atoms with E-state index in [9.17, 15) is 9.18 Å². The molecule has 0 spiro atoms. The monoisotopic (exact) mass is 274 g/mol. The van der Waals surface area contributed by atoms with Gasteiger partial charge in [0.1, 0.15) is 11.6 Å². The molecule has 104 valence electrons. The molecule has 0 radical (unpaired) electrons. The van der Waals surface area contributed by atoms with Gasteiger partial charge in [0.15, 0.2) is 0 Å². The molecule has 0 aliphatic carbocycles. The largest absolute Gasteiger partial charge is 0.366 e. The van der Waals surface area contributed by atoms with Crippen LogP contribution in [0.15, 0.2) is 41.2 Å². The van der Waals surface area contributed by atoms with Gasteiger partial charge in [-0.2, -0.15) is 5.10 Å². The highest BCUT2D eigenvalue weighted by Gasteiger charge is 2.20. The topological polar surface area (TPSA) is 52.2 Å². The van der Waals surface area contributed by atoms with Crippen LogP contribution in [-0.2, 0) is 0 Å². The van der Waals surface area contributed by atoms with E-state index in [2.05, 4.69) is 15.1 Å². The summed E-state index contributed by atoms with van der Waals surface area (Å²) in [7, 11) is 0. The number of aromatic amines is 1. The van der Waals surface area contributed by atoms with Crippen molar-refractivity contribution < 1.29 is 4.39 Å². The summed E-state index contributed by atoms with van der Waals surface area (Å²) >= 11 is 0. The first-order valence-corrected chi connectivity index (χ1v) is 6.54. The molecule has 0 unspecified atom stereocenters. The Labute approximate surface area is 115 Å². The molecule has 1 saturated heterocycles. The molecule has 5 nitrogen and oxygen atoms in total. The smallest absolute Gasteiger partial charge is 0.264 e. The molecule has 2 aromatic rings. The van der Waals surface area contributed by atoms with E-state index in [0.29, 0.717) is 5.69 Å². The van der Waals surface area contributed by atoms with Gasteiger partial charge in [0.05, 0.1) is 5.69 Å². The van der Waals surface area contributed by atoms with Crippen molar-refractivity contribution >= 4 is 11.5 Å². The van der Waals surface area contributed by atoms with Crippen molar-refractivity contribution in [1.29, 1.82) is 0 Å². The molecule has 1 aliphatic heterocycles. The zero-order chi connectivity index (χ0) is 13.9. The number of para-hydroxylation sites is 1. The van der Waals surface area contributed by atoms with Crippen molar-refractivity contribution in [3.05, 3.63) is 52.6 Å². The van der Waals surface area contributed by atoms with Gasteiger partial charge in [0.25, 0.3) is 5.56 Å². The van der Waals surface area contributed by atoms with Gasteiger partial charge in [0, 0.05) is 32.2 Å². The summed E-state index contributed by atoms with van der Waals surface area (Å²) < 4.78 is 13.7. The number of nitrogens with zero attached hydrogens (tertiary/aromatic N) is 3. The van der Waals surface area contributed by atoms with Crippen LogP contribution in [0, 0.1) is 5.82 Å². The summed E-state index contributed by atoms with van der Waals surface area (Å²) in [6, 6.07) is 9.98. The first-order valence-electron chi connectivity index (χ1n) is 6.54. The van der Waals surface area contributed by atoms with Crippen molar-refractivity contribution in [2.24, 2.45) is 0 Å². The van der Waals surface area contributed by atoms with Gasteiger partial charge in [-0.1, -0.05) is 12.1 Å². The predicted molar refractivity (Wildman–Crippen MR) is 75.7 cm³/mol. The molecule has 1 aromatic carbocycles. The van der Waals surface area contributed by atoms with E-state index in [1.807, 2.05) is 11.0 Å². The molecule has 0 atom stereocenters. The minimum atomic E-state index is -0.209. The quantitative estimate of drug-likeness (QED) is 0.895. The van der Waals surface area contributed by atoms with Gasteiger partial charge >= 0.3 is 0 Å².